The maximum atomic E-state index is 6.06. The molecule has 0 fully saturated rings. The Labute approximate surface area is 121 Å². The van der Waals surface area contributed by atoms with Crippen molar-refractivity contribution in [3.05, 3.63) is 53.9 Å². The van der Waals surface area contributed by atoms with Gasteiger partial charge in [0.2, 0.25) is 0 Å². The highest BCUT2D eigenvalue weighted by atomic mass is 35.5. The van der Waals surface area contributed by atoms with Gasteiger partial charge in [-0.15, -0.1) is 0 Å². The van der Waals surface area contributed by atoms with E-state index in [1.165, 1.54) is 0 Å². The van der Waals surface area contributed by atoms with Crippen LogP contribution in [0.1, 0.15) is 0 Å². The third-order valence-corrected chi connectivity index (χ3v) is 3.02. The first kappa shape index (κ1) is 12.7. The topological polar surface area (TPSA) is 48.2 Å². The monoisotopic (exact) mass is 286 g/mol. The SMILES string of the molecule is COc1ccc(-c2cc(Cl)nc(-c3ccco3)n2)cc1. The molecule has 0 saturated heterocycles. The van der Waals surface area contributed by atoms with Gasteiger partial charge in [0, 0.05) is 11.6 Å². The highest BCUT2D eigenvalue weighted by Gasteiger charge is 2.09. The summed E-state index contributed by atoms with van der Waals surface area (Å²) in [5.41, 5.74) is 1.67. The number of hydrogen-bond donors (Lipinski definition) is 0. The molecule has 3 aromatic rings. The van der Waals surface area contributed by atoms with Crippen molar-refractivity contribution in [3.63, 3.8) is 0 Å². The van der Waals surface area contributed by atoms with Gasteiger partial charge in [0.25, 0.3) is 0 Å². The van der Waals surface area contributed by atoms with Crippen molar-refractivity contribution in [2.24, 2.45) is 0 Å². The Balaban J connectivity index is 2.04. The number of ether oxygens (including phenoxy) is 1. The van der Waals surface area contributed by atoms with Crippen LogP contribution in [0.2, 0.25) is 5.15 Å². The van der Waals surface area contributed by atoms with E-state index in [4.69, 9.17) is 20.8 Å². The molecule has 0 aliphatic carbocycles. The molecule has 4 nitrogen and oxygen atoms in total. The van der Waals surface area contributed by atoms with Crippen molar-refractivity contribution in [2.75, 3.05) is 7.11 Å². The van der Waals surface area contributed by atoms with E-state index in [2.05, 4.69) is 9.97 Å². The van der Waals surface area contributed by atoms with Gasteiger partial charge in [-0.05, 0) is 36.4 Å². The van der Waals surface area contributed by atoms with Gasteiger partial charge in [-0.25, -0.2) is 9.97 Å². The van der Waals surface area contributed by atoms with E-state index in [9.17, 15) is 0 Å². The van der Waals surface area contributed by atoms with Crippen molar-refractivity contribution in [3.8, 4) is 28.6 Å². The molecule has 20 heavy (non-hydrogen) atoms. The number of methoxy groups -OCH3 is 1. The van der Waals surface area contributed by atoms with E-state index < -0.39 is 0 Å². The summed E-state index contributed by atoms with van der Waals surface area (Å²) < 4.78 is 10.4. The molecular weight excluding hydrogens is 276 g/mol. The summed E-state index contributed by atoms with van der Waals surface area (Å²) >= 11 is 6.06. The van der Waals surface area contributed by atoms with Crippen LogP contribution in [0, 0.1) is 0 Å². The first-order chi connectivity index (χ1) is 9.76. The van der Waals surface area contributed by atoms with Crippen molar-refractivity contribution in [2.45, 2.75) is 0 Å². The zero-order chi connectivity index (χ0) is 13.9. The Morgan fingerprint density at radius 2 is 1.90 bits per heavy atom. The van der Waals surface area contributed by atoms with Gasteiger partial charge >= 0.3 is 0 Å². The lowest BCUT2D eigenvalue weighted by Crippen LogP contribution is -1.92. The van der Waals surface area contributed by atoms with Crippen molar-refractivity contribution >= 4 is 11.6 Å². The standard InChI is InChI=1S/C15H11ClN2O2/c1-19-11-6-4-10(5-7-11)12-9-14(16)18-15(17-12)13-3-2-8-20-13/h2-9H,1H3. The van der Waals surface area contributed by atoms with Gasteiger partial charge in [-0.1, -0.05) is 11.6 Å². The highest BCUT2D eigenvalue weighted by Crippen LogP contribution is 2.25. The summed E-state index contributed by atoms with van der Waals surface area (Å²) in [6.45, 7) is 0. The van der Waals surface area contributed by atoms with Crippen LogP contribution in [0.3, 0.4) is 0 Å². The largest absolute Gasteiger partial charge is 0.497 e. The lowest BCUT2D eigenvalue weighted by Gasteiger charge is -2.05. The number of rotatable bonds is 3. The van der Waals surface area contributed by atoms with Crippen molar-refractivity contribution in [1.29, 1.82) is 0 Å². The zero-order valence-corrected chi connectivity index (χ0v) is 11.5. The van der Waals surface area contributed by atoms with Gasteiger partial charge in [-0.3, -0.25) is 0 Å². The molecule has 0 N–H and O–H groups in total. The maximum Gasteiger partial charge on any atom is 0.197 e. The molecule has 0 bridgehead atoms. The van der Waals surface area contributed by atoms with Gasteiger partial charge in [0.05, 0.1) is 19.1 Å². The molecular formula is C15H11ClN2O2. The normalized spacial score (nSPS) is 10.5. The summed E-state index contributed by atoms with van der Waals surface area (Å²) in [6, 6.07) is 12.9. The number of hydrogen-bond acceptors (Lipinski definition) is 4. The molecule has 0 aliphatic rings. The Morgan fingerprint density at radius 1 is 1.10 bits per heavy atom. The van der Waals surface area contributed by atoms with Gasteiger partial charge in [0.15, 0.2) is 11.6 Å². The molecule has 0 spiro atoms. The molecule has 0 aliphatic heterocycles. The number of nitrogens with zero attached hydrogens (tertiary/aromatic N) is 2. The Bertz CT molecular complexity index is 709. The van der Waals surface area contributed by atoms with E-state index in [-0.39, 0.29) is 0 Å². The third-order valence-electron chi connectivity index (χ3n) is 2.82. The Kier molecular flexibility index (Phi) is 3.39. The molecule has 3 rings (SSSR count). The molecule has 0 amide bonds. The summed E-state index contributed by atoms with van der Waals surface area (Å²) in [5, 5.41) is 0.372. The predicted octanol–water partition coefficient (Wildman–Crippen LogP) is 4.07. The van der Waals surface area contributed by atoms with E-state index >= 15 is 0 Å². The van der Waals surface area contributed by atoms with Crippen molar-refractivity contribution < 1.29 is 9.15 Å². The molecule has 0 radical (unpaired) electrons. The molecule has 0 unspecified atom stereocenters. The van der Waals surface area contributed by atoms with E-state index in [1.54, 1.807) is 31.6 Å². The minimum atomic E-state index is 0.372. The van der Waals surface area contributed by atoms with Crippen molar-refractivity contribution in [1.82, 2.24) is 9.97 Å². The average molecular weight is 287 g/mol. The first-order valence-electron chi connectivity index (χ1n) is 5.99. The Hall–Kier alpha value is -2.33. The van der Waals surface area contributed by atoms with Crippen LogP contribution in [0.4, 0.5) is 0 Å². The van der Waals surface area contributed by atoms with Crippen LogP contribution >= 0.6 is 11.6 Å². The summed E-state index contributed by atoms with van der Waals surface area (Å²) in [4.78, 5) is 8.64. The molecule has 0 saturated carbocycles. The van der Waals surface area contributed by atoms with E-state index in [0.717, 1.165) is 17.0 Å². The lowest BCUT2D eigenvalue weighted by molar-refractivity contribution is 0.415. The minimum Gasteiger partial charge on any atom is -0.497 e. The third kappa shape index (κ3) is 2.51. The number of furan rings is 1. The molecule has 1 aromatic carbocycles. The second-order valence-electron chi connectivity index (χ2n) is 4.11. The smallest absolute Gasteiger partial charge is 0.197 e. The quantitative estimate of drug-likeness (QED) is 0.681. The summed E-state index contributed by atoms with van der Waals surface area (Å²) in [5.74, 6) is 1.84. The fourth-order valence-corrected chi connectivity index (χ4v) is 2.03. The van der Waals surface area contributed by atoms with Crippen LogP contribution in [0.5, 0.6) is 5.75 Å². The van der Waals surface area contributed by atoms with E-state index in [1.807, 2.05) is 24.3 Å². The molecule has 100 valence electrons. The maximum absolute atomic E-state index is 6.06. The minimum absolute atomic E-state index is 0.372. The summed E-state index contributed by atoms with van der Waals surface area (Å²) in [6.07, 6.45) is 1.58. The van der Waals surface area contributed by atoms with Crippen LogP contribution < -0.4 is 4.74 Å². The number of aromatic nitrogens is 2. The number of benzene rings is 1. The second-order valence-corrected chi connectivity index (χ2v) is 4.49. The highest BCUT2D eigenvalue weighted by molar-refractivity contribution is 6.29. The summed E-state index contributed by atoms with van der Waals surface area (Å²) in [7, 11) is 1.63. The predicted molar refractivity (Wildman–Crippen MR) is 76.7 cm³/mol. The molecule has 2 aromatic heterocycles. The van der Waals surface area contributed by atoms with Crippen LogP contribution in [0.15, 0.2) is 53.1 Å². The zero-order valence-electron chi connectivity index (χ0n) is 10.7. The fourth-order valence-electron chi connectivity index (χ4n) is 1.84. The van der Waals surface area contributed by atoms with Gasteiger partial charge in [0.1, 0.15) is 10.9 Å². The molecule has 0 atom stereocenters. The first-order valence-corrected chi connectivity index (χ1v) is 6.37. The van der Waals surface area contributed by atoms with Gasteiger partial charge in [-0.2, -0.15) is 0 Å². The fraction of sp³-hybridized carbons (Fsp3) is 0.0667. The second kappa shape index (κ2) is 5.35. The number of halogens is 1. The van der Waals surface area contributed by atoms with Crippen LogP contribution in [0.25, 0.3) is 22.8 Å². The van der Waals surface area contributed by atoms with Crippen LogP contribution in [-0.2, 0) is 0 Å². The molecule has 5 heteroatoms. The van der Waals surface area contributed by atoms with Gasteiger partial charge < -0.3 is 9.15 Å². The lowest BCUT2D eigenvalue weighted by atomic mass is 10.1. The average Bonchev–Trinajstić information content (AvgIpc) is 3.01. The molecule has 2 heterocycles. The Morgan fingerprint density at radius 3 is 2.55 bits per heavy atom. The van der Waals surface area contributed by atoms with Crippen LogP contribution in [-0.4, -0.2) is 17.1 Å². The van der Waals surface area contributed by atoms with E-state index in [0.29, 0.717) is 16.7 Å².